The van der Waals surface area contributed by atoms with Gasteiger partial charge in [-0.3, -0.25) is 0 Å². The van der Waals surface area contributed by atoms with Crippen LogP contribution < -0.4 is 10.5 Å². The summed E-state index contributed by atoms with van der Waals surface area (Å²) >= 11 is 0. The summed E-state index contributed by atoms with van der Waals surface area (Å²) in [6.45, 7) is 1.10. The first-order chi connectivity index (χ1) is 8.78. The summed E-state index contributed by atoms with van der Waals surface area (Å²) in [5.41, 5.74) is 6.65. The van der Waals surface area contributed by atoms with E-state index in [9.17, 15) is 0 Å². The highest BCUT2D eigenvalue weighted by Gasteiger charge is 2.31. The van der Waals surface area contributed by atoms with Crippen molar-refractivity contribution in [2.45, 2.75) is 44.3 Å². The Bertz CT molecular complexity index is 376. The maximum absolute atomic E-state index is 6.06. The van der Waals surface area contributed by atoms with Gasteiger partial charge in [-0.2, -0.15) is 0 Å². The van der Waals surface area contributed by atoms with Crippen LogP contribution in [0.4, 0.5) is 0 Å². The molecule has 1 aromatic heterocycles. The first-order valence-electron chi connectivity index (χ1n) is 6.62. The predicted octanol–water partition coefficient (Wildman–Crippen LogP) is 2.27. The standard InChI is InChI=1S/C14H22N2O2/c1-17-13-7-5-6-12(16-13)10-18-14(11-15)8-3-2-4-9-14/h5-7H,2-4,8-11,15H2,1H3. The molecule has 0 aliphatic heterocycles. The second-order valence-electron chi connectivity index (χ2n) is 4.91. The molecule has 100 valence electrons. The fourth-order valence-corrected chi connectivity index (χ4v) is 2.48. The van der Waals surface area contributed by atoms with Crippen molar-refractivity contribution in [1.82, 2.24) is 4.98 Å². The van der Waals surface area contributed by atoms with Gasteiger partial charge in [-0.25, -0.2) is 4.98 Å². The van der Waals surface area contributed by atoms with Gasteiger partial charge in [0.05, 0.1) is 25.0 Å². The van der Waals surface area contributed by atoms with Gasteiger partial charge in [0, 0.05) is 12.6 Å². The van der Waals surface area contributed by atoms with Gasteiger partial charge in [-0.1, -0.05) is 25.3 Å². The number of rotatable bonds is 5. The maximum Gasteiger partial charge on any atom is 0.213 e. The van der Waals surface area contributed by atoms with Crippen LogP contribution in [0.25, 0.3) is 0 Å². The SMILES string of the molecule is COc1cccc(COC2(CN)CCCCC2)n1. The summed E-state index contributed by atoms with van der Waals surface area (Å²) in [6.07, 6.45) is 5.84. The zero-order valence-corrected chi connectivity index (χ0v) is 11.0. The Hall–Kier alpha value is -1.13. The van der Waals surface area contributed by atoms with Gasteiger partial charge in [0.2, 0.25) is 5.88 Å². The third-order valence-electron chi connectivity index (χ3n) is 3.65. The summed E-state index contributed by atoms with van der Waals surface area (Å²) < 4.78 is 11.2. The quantitative estimate of drug-likeness (QED) is 0.871. The van der Waals surface area contributed by atoms with Gasteiger partial charge in [0.1, 0.15) is 0 Å². The number of pyridine rings is 1. The number of nitrogens with zero attached hydrogens (tertiary/aromatic N) is 1. The summed E-state index contributed by atoms with van der Waals surface area (Å²) in [5, 5.41) is 0. The summed E-state index contributed by atoms with van der Waals surface area (Å²) in [6, 6.07) is 5.72. The highest BCUT2D eigenvalue weighted by Crippen LogP contribution is 2.31. The van der Waals surface area contributed by atoms with Crippen LogP contribution in [-0.2, 0) is 11.3 Å². The largest absolute Gasteiger partial charge is 0.481 e. The van der Waals surface area contributed by atoms with E-state index in [1.165, 1.54) is 19.3 Å². The molecule has 1 fully saturated rings. The van der Waals surface area contributed by atoms with E-state index < -0.39 is 0 Å². The Kier molecular flexibility index (Phi) is 4.55. The molecule has 0 unspecified atom stereocenters. The number of methoxy groups -OCH3 is 1. The monoisotopic (exact) mass is 250 g/mol. The fraction of sp³-hybridized carbons (Fsp3) is 0.643. The van der Waals surface area contributed by atoms with E-state index in [1.807, 2.05) is 18.2 Å². The van der Waals surface area contributed by atoms with Crippen molar-refractivity contribution in [1.29, 1.82) is 0 Å². The average molecular weight is 250 g/mol. The molecule has 0 radical (unpaired) electrons. The lowest BCUT2D eigenvalue weighted by molar-refractivity contribution is -0.0745. The van der Waals surface area contributed by atoms with Crippen LogP contribution >= 0.6 is 0 Å². The second kappa shape index (κ2) is 6.16. The smallest absolute Gasteiger partial charge is 0.213 e. The minimum atomic E-state index is -0.136. The number of ether oxygens (including phenoxy) is 2. The highest BCUT2D eigenvalue weighted by atomic mass is 16.5. The van der Waals surface area contributed by atoms with Crippen LogP contribution in [0.15, 0.2) is 18.2 Å². The van der Waals surface area contributed by atoms with Crippen molar-refractivity contribution < 1.29 is 9.47 Å². The van der Waals surface area contributed by atoms with Crippen molar-refractivity contribution >= 4 is 0 Å². The van der Waals surface area contributed by atoms with Crippen LogP contribution in [-0.4, -0.2) is 24.2 Å². The van der Waals surface area contributed by atoms with Crippen molar-refractivity contribution in [3.8, 4) is 5.88 Å². The van der Waals surface area contributed by atoms with E-state index in [1.54, 1.807) is 7.11 Å². The number of aromatic nitrogens is 1. The number of hydrogen-bond donors (Lipinski definition) is 1. The van der Waals surface area contributed by atoms with Crippen molar-refractivity contribution in [2.75, 3.05) is 13.7 Å². The summed E-state index contributed by atoms with van der Waals surface area (Å²) in [5.74, 6) is 0.626. The Morgan fingerprint density at radius 1 is 1.28 bits per heavy atom. The molecule has 2 rings (SSSR count). The normalized spacial score (nSPS) is 18.6. The van der Waals surface area contributed by atoms with Crippen LogP contribution in [0.3, 0.4) is 0 Å². The molecule has 0 atom stereocenters. The minimum absolute atomic E-state index is 0.136. The molecule has 1 aliphatic rings. The van der Waals surface area contributed by atoms with E-state index in [0.717, 1.165) is 18.5 Å². The molecule has 1 heterocycles. The molecular weight excluding hydrogens is 228 g/mol. The van der Waals surface area contributed by atoms with E-state index in [-0.39, 0.29) is 5.60 Å². The third kappa shape index (κ3) is 3.21. The van der Waals surface area contributed by atoms with Crippen molar-refractivity contribution in [3.63, 3.8) is 0 Å². The maximum atomic E-state index is 6.06. The van der Waals surface area contributed by atoms with Gasteiger partial charge in [-0.15, -0.1) is 0 Å². The van der Waals surface area contributed by atoms with Crippen LogP contribution in [0.1, 0.15) is 37.8 Å². The lowest BCUT2D eigenvalue weighted by Crippen LogP contribution is -2.42. The Morgan fingerprint density at radius 3 is 2.72 bits per heavy atom. The molecule has 0 saturated heterocycles. The first-order valence-corrected chi connectivity index (χ1v) is 6.62. The van der Waals surface area contributed by atoms with Gasteiger partial charge >= 0.3 is 0 Å². The topological polar surface area (TPSA) is 57.4 Å². The van der Waals surface area contributed by atoms with E-state index in [4.69, 9.17) is 15.2 Å². The van der Waals surface area contributed by atoms with Gasteiger partial charge in [0.25, 0.3) is 0 Å². The lowest BCUT2D eigenvalue weighted by atomic mass is 9.85. The molecule has 0 aromatic carbocycles. The van der Waals surface area contributed by atoms with Crippen LogP contribution in [0, 0.1) is 0 Å². The molecule has 1 aromatic rings. The average Bonchev–Trinajstić information content (AvgIpc) is 2.46. The third-order valence-corrected chi connectivity index (χ3v) is 3.65. The lowest BCUT2D eigenvalue weighted by Gasteiger charge is -2.36. The van der Waals surface area contributed by atoms with Crippen molar-refractivity contribution in [2.24, 2.45) is 5.73 Å². The number of hydrogen-bond acceptors (Lipinski definition) is 4. The predicted molar refractivity (Wildman–Crippen MR) is 70.4 cm³/mol. The molecule has 0 amide bonds. The van der Waals surface area contributed by atoms with E-state index in [0.29, 0.717) is 19.0 Å². The van der Waals surface area contributed by atoms with Gasteiger partial charge < -0.3 is 15.2 Å². The molecule has 4 nitrogen and oxygen atoms in total. The van der Waals surface area contributed by atoms with Gasteiger partial charge in [-0.05, 0) is 18.9 Å². The van der Waals surface area contributed by atoms with Crippen LogP contribution in [0.5, 0.6) is 5.88 Å². The van der Waals surface area contributed by atoms with Gasteiger partial charge in [0.15, 0.2) is 0 Å². The summed E-state index contributed by atoms with van der Waals surface area (Å²) in [7, 11) is 1.62. The van der Waals surface area contributed by atoms with Crippen LogP contribution in [0.2, 0.25) is 0 Å². The van der Waals surface area contributed by atoms with E-state index >= 15 is 0 Å². The molecule has 1 aliphatic carbocycles. The Morgan fingerprint density at radius 2 is 2.06 bits per heavy atom. The Balaban J connectivity index is 1.96. The highest BCUT2D eigenvalue weighted by molar-refractivity contribution is 5.15. The second-order valence-corrected chi connectivity index (χ2v) is 4.91. The molecule has 4 heteroatoms. The molecular formula is C14H22N2O2. The minimum Gasteiger partial charge on any atom is -0.481 e. The van der Waals surface area contributed by atoms with Crippen molar-refractivity contribution in [3.05, 3.63) is 23.9 Å². The molecule has 1 saturated carbocycles. The van der Waals surface area contributed by atoms with E-state index in [2.05, 4.69) is 4.98 Å². The molecule has 2 N–H and O–H groups in total. The Labute approximate surface area is 108 Å². The fourth-order valence-electron chi connectivity index (χ4n) is 2.48. The first kappa shape index (κ1) is 13.3. The zero-order valence-electron chi connectivity index (χ0n) is 11.0. The number of nitrogens with two attached hydrogens (primary N) is 1. The zero-order chi connectivity index (χ0) is 12.8. The molecule has 0 bridgehead atoms. The molecule has 18 heavy (non-hydrogen) atoms. The molecule has 0 spiro atoms. The summed E-state index contributed by atoms with van der Waals surface area (Å²) in [4.78, 5) is 4.35.